The average Bonchev–Trinajstić information content (AvgIpc) is 2.93. The molecule has 0 aromatic carbocycles. The van der Waals surface area contributed by atoms with Gasteiger partial charge in [-0.15, -0.1) is 10.2 Å². The normalized spacial score (nSPS) is 19.8. The molecule has 8 nitrogen and oxygen atoms in total. The number of piperidine rings is 1. The predicted octanol–water partition coefficient (Wildman–Crippen LogP) is 1.50. The Morgan fingerprint density at radius 1 is 1.42 bits per heavy atom. The second-order valence-electron chi connectivity index (χ2n) is 6.02. The summed E-state index contributed by atoms with van der Waals surface area (Å²) in [6, 6.07) is 0. The van der Waals surface area contributed by atoms with Gasteiger partial charge in [0.2, 0.25) is 11.0 Å². The van der Waals surface area contributed by atoms with E-state index in [4.69, 9.17) is 0 Å². The van der Waals surface area contributed by atoms with E-state index in [9.17, 15) is 13.2 Å². The van der Waals surface area contributed by atoms with Gasteiger partial charge in [-0.1, -0.05) is 36.9 Å². The Morgan fingerprint density at radius 2 is 2.12 bits per heavy atom. The highest BCUT2D eigenvalue weighted by Gasteiger charge is 2.33. The molecule has 1 amide bonds. The number of amides is 1. The topological polar surface area (TPSA) is 95.5 Å². The van der Waals surface area contributed by atoms with Crippen LogP contribution >= 0.6 is 23.1 Å². The van der Waals surface area contributed by atoms with Gasteiger partial charge >= 0.3 is 0 Å². The molecule has 11 heteroatoms. The maximum atomic E-state index is 12.4. The highest BCUT2D eigenvalue weighted by atomic mass is 32.2. The molecule has 1 N–H and O–H groups in total. The van der Waals surface area contributed by atoms with Crippen LogP contribution in [0, 0.1) is 5.92 Å². The summed E-state index contributed by atoms with van der Waals surface area (Å²) >= 11 is 2.92. The molecule has 1 unspecified atom stereocenters. The molecule has 0 spiro atoms. The van der Waals surface area contributed by atoms with Crippen LogP contribution in [0.3, 0.4) is 0 Å². The first-order valence-electron chi connectivity index (χ1n) is 7.68. The van der Waals surface area contributed by atoms with Crippen LogP contribution in [0.25, 0.3) is 0 Å². The molecule has 0 radical (unpaired) electrons. The number of thioether (sulfide) groups is 1. The maximum Gasteiger partial charge on any atom is 0.281 e. The van der Waals surface area contributed by atoms with Gasteiger partial charge in [0.05, 0.1) is 5.92 Å². The first-order chi connectivity index (χ1) is 11.2. The van der Waals surface area contributed by atoms with E-state index in [-0.39, 0.29) is 18.4 Å². The van der Waals surface area contributed by atoms with E-state index in [0.29, 0.717) is 29.8 Å². The van der Waals surface area contributed by atoms with Gasteiger partial charge in [0.15, 0.2) is 4.34 Å². The first kappa shape index (κ1) is 19.6. The van der Waals surface area contributed by atoms with Gasteiger partial charge in [-0.25, -0.2) is 0 Å². The number of nitrogens with one attached hydrogen (secondary N) is 1. The SMILES string of the molecule is CC(C)Sc1nnc(NC(=O)C2CCCN(S(=O)(=O)N(C)C)C2)s1. The molecular weight excluding hydrogens is 370 g/mol. The average molecular weight is 394 g/mol. The Bertz CT molecular complexity index is 674. The Kier molecular flexibility index (Phi) is 6.59. The van der Waals surface area contributed by atoms with Crippen molar-refractivity contribution in [3.8, 4) is 0 Å². The van der Waals surface area contributed by atoms with Gasteiger partial charge in [0.1, 0.15) is 0 Å². The summed E-state index contributed by atoms with van der Waals surface area (Å²) in [6.45, 7) is 4.76. The van der Waals surface area contributed by atoms with Crippen LogP contribution in [0.1, 0.15) is 26.7 Å². The van der Waals surface area contributed by atoms with Crippen molar-refractivity contribution < 1.29 is 13.2 Å². The zero-order valence-electron chi connectivity index (χ0n) is 14.2. The lowest BCUT2D eigenvalue weighted by molar-refractivity contribution is -0.120. The molecule has 1 aliphatic rings. The Morgan fingerprint density at radius 3 is 2.75 bits per heavy atom. The molecular formula is C13H23N5O3S3. The second-order valence-corrected chi connectivity index (χ2v) is 11.0. The van der Waals surface area contributed by atoms with Crippen LogP contribution < -0.4 is 5.32 Å². The number of nitrogens with zero attached hydrogens (tertiary/aromatic N) is 4. The summed E-state index contributed by atoms with van der Waals surface area (Å²) in [6.07, 6.45) is 1.33. The molecule has 1 aromatic rings. The van der Waals surface area contributed by atoms with Gasteiger partial charge in [-0.3, -0.25) is 4.79 Å². The summed E-state index contributed by atoms with van der Waals surface area (Å²) in [5.41, 5.74) is 0. The molecule has 0 bridgehead atoms. The van der Waals surface area contributed by atoms with E-state index < -0.39 is 10.2 Å². The summed E-state index contributed by atoms with van der Waals surface area (Å²) in [4.78, 5) is 12.4. The van der Waals surface area contributed by atoms with Crippen molar-refractivity contribution in [2.24, 2.45) is 5.92 Å². The fraction of sp³-hybridized carbons (Fsp3) is 0.769. The van der Waals surface area contributed by atoms with Crippen LogP contribution in [0.4, 0.5) is 5.13 Å². The van der Waals surface area contributed by atoms with Crippen LogP contribution in [0.2, 0.25) is 0 Å². The lowest BCUT2D eigenvalue weighted by atomic mass is 9.99. The first-order valence-corrected chi connectivity index (χ1v) is 10.8. The molecule has 1 fully saturated rings. The van der Waals surface area contributed by atoms with Crippen LogP contribution in [0.15, 0.2) is 4.34 Å². The highest BCUT2D eigenvalue weighted by Crippen LogP contribution is 2.29. The highest BCUT2D eigenvalue weighted by molar-refractivity contribution is 8.01. The number of hydrogen-bond acceptors (Lipinski definition) is 7. The lowest BCUT2D eigenvalue weighted by Gasteiger charge is -2.32. The van der Waals surface area contributed by atoms with Gasteiger partial charge in [0, 0.05) is 32.4 Å². The quantitative estimate of drug-likeness (QED) is 0.581. The number of carbonyl (C=O) groups excluding carboxylic acids is 1. The molecule has 0 saturated carbocycles. The largest absolute Gasteiger partial charge is 0.300 e. The van der Waals surface area contributed by atoms with E-state index in [1.807, 2.05) is 0 Å². The third-order valence-corrected chi connectivity index (χ3v) is 7.35. The minimum atomic E-state index is -3.49. The molecule has 24 heavy (non-hydrogen) atoms. The number of anilines is 1. The molecule has 1 atom stereocenters. The van der Waals surface area contributed by atoms with Gasteiger partial charge in [0.25, 0.3) is 10.2 Å². The molecule has 1 aromatic heterocycles. The van der Waals surface area contributed by atoms with E-state index in [2.05, 4.69) is 29.4 Å². The van der Waals surface area contributed by atoms with Crippen LogP contribution in [-0.4, -0.2) is 65.6 Å². The lowest BCUT2D eigenvalue weighted by Crippen LogP contribution is -2.47. The van der Waals surface area contributed by atoms with Crippen LogP contribution in [-0.2, 0) is 15.0 Å². The fourth-order valence-corrected chi connectivity index (χ4v) is 5.48. The van der Waals surface area contributed by atoms with Crippen molar-refractivity contribution in [3.05, 3.63) is 0 Å². The van der Waals surface area contributed by atoms with E-state index >= 15 is 0 Å². The van der Waals surface area contributed by atoms with Gasteiger partial charge in [-0.2, -0.15) is 17.0 Å². The zero-order chi connectivity index (χ0) is 17.9. The summed E-state index contributed by atoms with van der Waals surface area (Å²) in [5.74, 6) is -0.579. The number of rotatable bonds is 6. The van der Waals surface area contributed by atoms with E-state index in [0.717, 1.165) is 4.34 Å². The minimum absolute atomic E-state index is 0.193. The molecule has 136 valence electrons. The van der Waals surface area contributed by atoms with Crippen molar-refractivity contribution in [1.82, 2.24) is 18.8 Å². The predicted molar refractivity (Wildman–Crippen MR) is 96.4 cm³/mol. The van der Waals surface area contributed by atoms with Crippen molar-refractivity contribution in [2.45, 2.75) is 36.3 Å². The molecule has 1 saturated heterocycles. The molecule has 2 heterocycles. The standard InChI is InChI=1S/C13H23N5O3S3/c1-9(2)22-13-16-15-12(23-13)14-11(19)10-6-5-7-18(8-10)24(20,21)17(3)4/h9-10H,5-8H2,1-4H3,(H,14,15,19). The number of hydrogen-bond donors (Lipinski definition) is 1. The summed E-state index contributed by atoms with van der Waals surface area (Å²) < 4.78 is 27.8. The second kappa shape index (κ2) is 8.09. The third-order valence-electron chi connectivity index (χ3n) is 3.52. The Labute approximate surface area is 151 Å². The third kappa shape index (κ3) is 4.88. The molecule has 1 aliphatic heterocycles. The molecule has 2 rings (SSSR count). The van der Waals surface area contributed by atoms with Crippen LogP contribution in [0.5, 0.6) is 0 Å². The number of carbonyl (C=O) groups is 1. The summed E-state index contributed by atoms with van der Waals surface area (Å²) in [5, 5.41) is 11.6. The smallest absolute Gasteiger partial charge is 0.281 e. The van der Waals surface area contributed by atoms with E-state index in [1.54, 1.807) is 11.8 Å². The zero-order valence-corrected chi connectivity index (χ0v) is 16.7. The van der Waals surface area contributed by atoms with E-state index in [1.165, 1.54) is 34.0 Å². The Hall–Kier alpha value is -0.750. The van der Waals surface area contributed by atoms with Crippen molar-refractivity contribution in [1.29, 1.82) is 0 Å². The Balaban J connectivity index is 1.98. The number of aromatic nitrogens is 2. The maximum absolute atomic E-state index is 12.4. The monoisotopic (exact) mass is 393 g/mol. The van der Waals surface area contributed by atoms with Crippen molar-refractivity contribution in [3.63, 3.8) is 0 Å². The molecule has 0 aliphatic carbocycles. The van der Waals surface area contributed by atoms with Crippen molar-refractivity contribution >= 4 is 44.3 Å². The van der Waals surface area contributed by atoms with Gasteiger partial charge in [-0.05, 0) is 12.8 Å². The van der Waals surface area contributed by atoms with Crippen molar-refractivity contribution in [2.75, 3.05) is 32.5 Å². The fourth-order valence-electron chi connectivity index (χ4n) is 2.31. The minimum Gasteiger partial charge on any atom is -0.300 e. The van der Waals surface area contributed by atoms with Gasteiger partial charge < -0.3 is 5.32 Å². The summed E-state index contributed by atoms with van der Waals surface area (Å²) in [7, 11) is -0.502.